The molecule has 3 nitrogen and oxygen atoms in total. The molecule has 0 bridgehead atoms. The lowest BCUT2D eigenvalue weighted by Crippen LogP contribution is -2.39. The van der Waals surface area contributed by atoms with Crippen LogP contribution in [0.1, 0.15) is 17.0 Å². The predicted molar refractivity (Wildman–Crippen MR) is 74.5 cm³/mol. The second kappa shape index (κ2) is 4.94. The number of rotatable bonds is 2. The number of phenols is 1. The average Bonchev–Trinajstić information content (AvgIpc) is 2.43. The second-order valence-corrected chi connectivity index (χ2v) is 4.99. The maximum Gasteiger partial charge on any atom is 0.123 e. The number of aromatic hydroxyl groups is 1. The molecule has 0 radical (unpaired) electrons. The van der Waals surface area contributed by atoms with Gasteiger partial charge in [0, 0.05) is 17.5 Å². The normalized spacial score (nSPS) is 21.5. The number of hydrogen-bond acceptors (Lipinski definition) is 3. The van der Waals surface area contributed by atoms with Gasteiger partial charge in [-0.1, -0.05) is 30.3 Å². The minimum Gasteiger partial charge on any atom is -0.508 e. The molecule has 0 saturated heterocycles. The van der Waals surface area contributed by atoms with Gasteiger partial charge in [-0.05, 0) is 30.2 Å². The van der Waals surface area contributed by atoms with Crippen molar-refractivity contribution in [1.82, 2.24) is 0 Å². The van der Waals surface area contributed by atoms with Gasteiger partial charge in [0.1, 0.15) is 18.1 Å². The first-order valence-corrected chi connectivity index (χ1v) is 6.49. The van der Waals surface area contributed by atoms with Crippen LogP contribution in [0.5, 0.6) is 11.5 Å². The van der Waals surface area contributed by atoms with Gasteiger partial charge in [-0.15, -0.1) is 0 Å². The molecule has 3 N–H and O–H groups in total. The molecule has 0 amide bonds. The van der Waals surface area contributed by atoms with E-state index in [1.54, 1.807) is 12.1 Å². The lowest BCUT2D eigenvalue weighted by molar-refractivity contribution is 0.237. The quantitative estimate of drug-likeness (QED) is 0.866. The molecule has 3 heteroatoms. The third-order valence-electron chi connectivity index (χ3n) is 3.64. The Kier molecular flexibility index (Phi) is 3.13. The third kappa shape index (κ3) is 2.42. The molecule has 98 valence electrons. The van der Waals surface area contributed by atoms with Crippen LogP contribution in [0.4, 0.5) is 0 Å². The molecule has 1 heterocycles. The standard InChI is InChI=1S/C16H17NO2/c17-15-10-19-16-7-6-12(18)9-14(16)13(15)8-11-4-2-1-3-5-11/h1-7,9,13,15,18H,8,10,17H2/t13-,15-/m1/s1. The molecule has 0 fully saturated rings. The number of fused-ring (bicyclic) bond motifs is 1. The van der Waals surface area contributed by atoms with Crippen LogP contribution in [-0.2, 0) is 6.42 Å². The highest BCUT2D eigenvalue weighted by Crippen LogP contribution is 2.37. The Morgan fingerprint density at radius 3 is 2.74 bits per heavy atom. The molecule has 3 rings (SSSR count). The van der Waals surface area contributed by atoms with Crippen molar-refractivity contribution in [2.45, 2.75) is 18.4 Å². The lowest BCUT2D eigenvalue weighted by Gasteiger charge is -2.31. The highest BCUT2D eigenvalue weighted by atomic mass is 16.5. The van der Waals surface area contributed by atoms with E-state index in [9.17, 15) is 5.11 Å². The van der Waals surface area contributed by atoms with Crippen molar-refractivity contribution in [3.8, 4) is 11.5 Å². The van der Waals surface area contributed by atoms with Gasteiger partial charge in [-0.3, -0.25) is 0 Å². The number of benzene rings is 2. The highest BCUT2D eigenvalue weighted by molar-refractivity contribution is 5.44. The summed E-state index contributed by atoms with van der Waals surface area (Å²) in [6.45, 7) is 0.523. The van der Waals surface area contributed by atoms with Crippen molar-refractivity contribution in [3.63, 3.8) is 0 Å². The monoisotopic (exact) mass is 255 g/mol. The van der Waals surface area contributed by atoms with E-state index in [0.29, 0.717) is 6.61 Å². The summed E-state index contributed by atoms with van der Waals surface area (Å²) in [7, 11) is 0. The van der Waals surface area contributed by atoms with Crippen LogP contribution in [0.15, 0.2) is 48.5 Å². The SMILES string of the molecule is N[C@@H]1COc2ccc(O)cc2[C@H]1Cc1ccccc1. The van der Waals surface area contributed by atoms with Crippen LogP contribution < -0.4 is 10.5 Å². The van der Waals surface area contributed by atoms with Crippen LogP contribution in [0.25, 0.3) is 0 Å². The smallest absolute Gasteiger partial charge is 0.123 e. The zero-order valence-electron chi connectivity index (χ0n) is 10.6. The molecule has 0 spiro atoms. The second-order valence-electron chi connectivity index (χ2n) is 4.99. The molecule has 2 aromatic rings. The number of hydrogen-bond donors (Lipinski definition) is 2. The summed E-state index contributed by atoms with van der Waals surface area (Å²) >= 11 is 0. The average molecular weight is 255 g/mol. The number of phenolic OH excluding ortho intramolecular Hbond substituents is 1. The Bertz CT molecular complexity index is 568. The summed E-state index contributed by atoms with van der Waals surface area (Å²) in [6.07, 6.45) is 0.863. The fourth-order valence-electron chi connectivity index (χ4n) is 2.62. The van der Waals surface area contributed by atoms with E-state index in [1.807, 2.05) is 24.3 Å². The molecular weight excluding hydrogens is 238 g/mol. The summed E-state index contributed by atoms with van der Waals surface area (Å²) in [4.78, 5) is 0. The lowest BCUT2D eigenvalue weighted by atomic mass is 9.84. The van der Waals surface area contributed by atoms with Gasteiger partial charge in [-0.2, -0.15) is 0 Å². The minimum absolute atomic E-state index is 0.0468. The first-order valence-electron chi connectivity index (χ1n) is 6.49. The summed E-state index contributed by atoms with van der Waals surface area (Å²) in [5.41, 5.74) is 8.44. The molecule has 2 atom stereocenters. The van der Waals surface area contributed by atoms with Crippen molar-refractivity contribution >= 4 is 0 Å². The Hall–Kier alpha value is -2.00. The third-order valence-corrected chi connectivity index (χ3v) is 3.64. The van der Waals surface area contributed by atoms with Gasteiger partial charge in [0.05, 0.1) is 0 Å². The Balaban J connectivity index is 1.94. The van der Waals surface area contributed by atoms with Gasteiger partial charge < -0.3 is 15.6 Å². The van der Waals surface area contributed by atoms with Gasteiger partial charge in [0.25, 0.3) is 0 Å². The Labute approximate surface area is 112 Å². The van der Waals surface area contributed by atoms with Crippen molar-refractivity contribution in [3.05, 3.63) is 59.7 Å². The summed E-state index contributed by atoms with van der Waals surface area (Å²) < 4.78 is 5.62. The molecule has 1 aliphatic heterocycles. The molecule has 1 aliphatic rings. The van der Waals surface area contributed by atoms with E-state index in [2.05, 4.69) is 12.1 Å². The van der Waals surface area contributed by atoms with Crippen LogP contribution >= 0.6 is 0 Å². The zero-order valence-corrected chi connectivity index (χ0v) is 10.6. The molecule has 0 aliphatic carbocycles. The maximum absolute atomic E-state index is 9.66. The number of nitrogens with two attached hydrogens (primary N) is 1. The number of ether oxygens (including phenoxy) is 1. The molecule has 0 saturated carbocycles. The van der Waals surface area contributed by atoms with Crippen molar-refractivity contribution < 1.29 is 9.84 Å². The highest BCUT2D eigenvalue weighted by Gasteiger charge is 2.28. The van der Waals surface area contributed by atoms with Crippen LogP contribution in [0.3, 0.4) is 0 Å². The van der Waals surface area contributed by atoms with Gasteiger partial charge >= 0.3 is 0 Å². The van der Waals surface area contributed by atoms with E-state index in [-0.39, 0.29) is 17.7 Å². The van der Waals surface area contributed by atoms with Gasteiger partial charge in [0.15, 0.2) is 0 Å². The van der Waals surface area contributed by atoms with Crippen LogP contribution in [0.2, 0.25) is 0 Å². The molecule has 19 heavy (non-hydrogen) atoms. The van der Waals surface area contributed by atoms with E-state index in [0.717, 1.165) is 17.7 Å². The summed E-state index contributed by atoms with van der Waals surface area (Å²) in [6, 6.07) is 15.5. The zero-order chi connectivity index (χ0) is 13.2. The Morgan fingerprint density at radius 1 is 1.16 bits per heavy atom. The molecule has 0 unspecified atom stereocenters. The Morgan fingerprint density at radius 2 is 1.95 bits per heavy atom. The van der Waals surface area contributed by atoms with E-state index in [4.69, 9.17) is 10.5 Å². The van der Waals surface area contributed by atoms with Crippen molar-refractivity contribution in [2.24, 2.45) is 5.73 Å². The molecule has 2 aromatic carbocycles. The summed E-state index contributed by atoms with van der Waals surface area (Å²) in [5, 5.41) is 9.66. The predicted octanol–water partition coefficient (Wildman–Crippen LogP) is 2.44. The van der Waals surface area contributed by atoms with E-state index < -0.39 is 0 Å². The van der Waals surface area contributed by atoms with Crippen LogP contribution in [0, 0.1) is 0 Å². The molecule has 0 aromatic heterocycles. The fourth-order valence-corrected chi connectivity index (χ4v) is 2.62. The van der Waals surface area contributed by atoms with E-state index in [1.165, 1.54) is 5.56 Å². The summed E-state index contributed by atoms with van der Waals surface area (Å²) in [5.74, 6) is 1.27. The first kappa shape index (κ1) is 12.1. The first-order chi connectivity index (χ1) is 9.24. The van der Waals surface area contributed by atoms with Gasteiger partial charge in [-0.25, -0.2) is 0 Å². The fraction of sp³-hybridized carbons (Fsp3) is 0.250. The largest absolute Gasteiger partial charge is 0.508 e. The van der Waals surface area contributed by atoms with Gasteiger partial charge in [0.2, 0.25) is 0 Å². The van der Waals surface area contributed by atoms with Crippen molar-refractivity contribution in [2.75, 3.05) is 6.61 Å². The van der Waals surface area contributed by atoms with Crippen molar-refractivity contribution in [1.29, 1.82) is 0 Å². The minimum atomic E-state index is -0.0468. The topological polar surface area (TPSA) is 55.5 Å². The van der Waals surface area contributed by atoms with E-state index >= 15 is 0 Å². The maximum atomic E-state index is 9.66. The molecular formula is C16H17NO2. The van der Waals surface area contributed by atoms with Crippen LogP contribution in [-0.4, -0.2) is 17.8 Å².